The molecule has 1 aromatic rings. The highest BCUT2D eigenvalue weighted by Crippen LogP contribution is 2.26. The number of terminal acetylenes is 1. The number of hydrogen-bond donors (Lipinski definition) is 0. The quantitative estimate of drug-likeness (QED) is 0.529. The van der Waals surface area contributed by atoms with Crippen molar-refractivity contribution < 1.29 is 9.47 Å². The van der Waals surface area contributed by atoms with Gasteiger partial charge in [0.05, 0.1) is 19.8 Å². The predicted molar refractivity (Wildman–Crippen MR) is 53.6 cm³/mol. The maximum absolute atomic E-state index is 5.47. The van der Waals surface area contributed by atoms with Crippen LogP contribution in [-0.4, -0.2) is 18.8 Å². The van der Waals surface area contributed by atoms with Gasteiger partial charge in [0.15, 0.2) is 5.60 Å². The number of epoxide rings is 1. The van der Waals surface area contributed by atoms with Crippen LogP contribution >= 0.6 is 0 Å². The predicted octanol–water partition coefficient (Wildman–Crippen LogP) is 1.61. The van der Waals surface area contributed by atoms with E-state index in [4.69, 9.17) is 15.9 Å². The van der Waals surface area contributed by atoms with E-state index in [1.54, 1.807) is 0 Å². The van der Waals surface area contributed by atoms with Gasteiger partial charge >= 0.3 is 0 Å². The maximum Gasteiger partial charge on any atom is 0.174 e. The monoisotopic (exact) mass is 188 g/mol. The van der Waals surface area contributed by atoms with E-state index in [1.165, 1.54) is 0 Å². The van der Waals surface area contributed by atoms with E-state index >= 15 is 0 Å². The van der Waals surface area contributed by atoms with Crippen LogP contribution in [0.3, 0.4) is 0 Å². The first-order valence-corrected chi connectivity index (χ1v) is 4.58. The average Bonchev–Trinajstić information content (AvgIpc) is 3.00. The van der Waals surface area contributed by atoms with E-state index in [-0.39, 0.29) is 0 Å². The zero-order valence-electron chi connectivity index (χ0n) is 7.90. The Hall–Kier alpha value is -1.30. The van der Waals surface area contributed by atoms with Gasteiger partial charge < -0.3 is 9.47 Å². The van der Waals surface area contributed by atoms with Crippen LogP contribution in [0.2, 0.25) is 0 Å². The minimum absolute atomic E-state index is 0.422. The Morgan fingerprint density at radius 2 is 2.14 bits per heavy atom. The van der Waals surface area contributed by atoms with Gasteiger partial charge in [0, 0.05) is 0 Å². The van der Waals surface area contributed by atoms with Crippen molar-refractivity contribution in [2.45, 2.75) is 12.2 Å². The Bertz CT molecular complexity index is 333. The van der Waals surface area contributed by atoms with Crippen molar-refractivity contribution in [2.75, 3.05) is 13.2 Å². The molecular weight excluding hydrogens is 176 g/mol. The molecule has 1 heterocycles. The first kappa shape index (κ1) is 9.26. The minimum Gasteiger partial charge on any atom is -0.373 e. The van der Waals surface area contributed by atoms with Crippen molar-refractivity contribution in [3.8, 4) is 12.3 Å². The van der Waals surface area contributed by atoms with Crippen molar-refractivity contribution in [1.82, 2.24) is 0 Å². The summed E-state index contributed by atoms with van der Waals surface area (Å²) >= 11 is 0. The fourth-order valence-electron chi connectivity index (χ4n) is 1.20. The molecule has 0 aliphatic carbocycles. The van der Waals surface area contributed by atoms with Crippen molar-refractivity contribution in [3.05, 3.63) is 35.9 Å². The van der Waals surface area contributed by atoms with E-state index in [2.05, 4.69) is 5.92 Å². The Labute approximate surface area is 83.8 Å². The second-order valence-corrected chi connectivity index (χ2v) is 3.41. The van der Waals surface area contributed by atoms with Crippen LogP contribution in [0.4, 0.5) is 0 Å². The van der Waals surface area contributed by atoms with Crippen LogP contribution in [-0.2, 0) is 16.1 Å². The molecule has 0 spiro atoms. The molecule has 0 aromatic heterocycles. The van der Waals surface area contributed by atoms with Crippen molar-refractivity contribution in [1.29, 1.82) is 0 Å². The van der Waals surface area contributed by atoms with Gasteiger partial charge in [0.25, 0.3) is 0 Å². The van der Waals surface area contributed by atoms with E-state index in [1.807, 2.05) is 30.3 Å². The molecule has 14 heavy (non-hydrogen) atoms. The highest BCUT2D eigenvalue weighted by Gasteiger charge is 2.43. The Morgan fingerprint density at radius 1 is 1.43 bits per heavy atom. The van der Waals surface area contributed by atoms with E-state index in [0.29, 0.717) is 19.8 Å². The first-order chi connectivity index (χ1) is 6.85. The van der Waals surface area contributed by atoms with E-state index < -0.39 is 5.60 Å². The topological polar surface area (TPSA) is 21.8 Å². The minimum atomic E-state index is -0.422. The molecule has 0 radical (unpaired) electrons. The molecule has 0 unspecified atom stereocenters. The van der Waals surface area contributed by atoms with Crippen LogP contribution in [0.5, 0.6) is 0 Å². The molecular formula is C12H12O2. The van der Waals surface area contributed by atoms with E-state index in [9.17, 15) is 0 Å². The summed E-state index contributed by atoms with van der Waals surface area (Å²) in [6, 6.07) is 10.0. The Kier molecular flexibility index (Phi) is 2.53. The third kappa shape index (κ3) is 2.14. The molecule has 2 rings (SSSR count). The SMILES string of the molecule is C#C[C@]1(COCc2ccccc2)CO1. The third-order valence-corrected chi connectivity index (χ3v) is 2.20. The molecule has 1 fully saturated rings. The van der Waals surface area contributed by atoms with Crippen LogP contribution in [0.1, 0.15) is 5.56 Å². The smallest absolute Gasteiger partial charge is 0.174 e. The summed E-state index contributed by atoms with van der Waals surface area (Å²) in [4.78, 5) is 0. The highest BCUT2D eigenvalue weighted by molar-refractivity contribution is 5.17. The zero-order chi connectivity index (χ0) is 9.86. The Morgan fingerprint density at radius 3 is 2.71 bits per heavy atom. The molecule has 1 atom stereocenters. The summed E-state index contributed by atoms with van der Waals surface area (Å²) in [5, 5.41) is 0. The highest BCUT2D eigenvalue weighted by atomic mass is 16.6. The van der Waals surface area contributed by atoms with Crippen LogP contribution in [0.25, 0.3) is 0 Å². The Balaban J connectivity index is 1.77. The lowest BCUT2D eigenvalue weighted by Crippen LogP contribution is -2.16. The maximum atomic E-state index is 5.47. The summed E-state index contributed by atoms with van der Waals surface area (Å²) in [5.41, 5.74) is 0.731. The van der Waals surface area contributed by atoms with Gasteiger partial charge in [-0.2, -0.15) is 0 Å². The van der Waals surface area contributed by atoms with Crippen molar-refractivity contribution >= 4 is 0 Å². The lowest BCUT2D eigenvalue weighted by atomic mass is 10.2. The van der Waals surface area contributed by atoms with Gasteiger partial charge in [-0.15, -0.1) is 6.42 Å². The molecule has 0 amide bonds. The molecule has 72 valence electrons. The summed E-state index contributed by atoms with van der Waals surface area (Å²) in [6.45, 7) is 1.70. The van der Waals surface area contributed by atoms with Crippen molar-refractivity contribution in [2.24, 2.45) is 0 Å². The summed E-state index contributed by atoms with van der Waals surface area (Å²) in [7, 11) is 0. The van der Waals surface area contributed by atoms with Crippen LogP contribution in [0, 0.1) is 12.3 Å². The summed E-state index contributed by atoms with van der Waals surface area (Å²) in [6.07, 6.45) is 5.29. The molecule has 0 N–H and O–H groups in total. The second kappa shape index (κ2) is 3.83. The van der Waals surface area contributed by atoms with Gasteiger partial charge in [-0.05, 0) is 5.56 Å². The normalized spacial score (nSPS) is 24.2. The number of ether oxygens (including phenoxy) is 2. The van der Waals surface area contributed by atoms with Crippen LogP contribution in [0.15, 0.2) is 30.3 Å². The molecule has 2 nitrogen and oxygen atoms in total. The first-order valence-electron chi connectivity index (χ1n) is 4.58. The van der Waals surface area contributed by atoms with Crippen LogP contribution < -0.4 is 0 Å². The molecule has 1 aromatic carbocycles. The molecule has 1 saturated heterocycles. The molecule has 2 heteroatoms. The van der Waals surface area contributed by atoms with Gasteiger partial charge in [-0.3, -0.25) is 0 Å². The van der Waals surface area contributed by atoms with Gasteiger partial charge in [-0.25, -0.2) is 0 Å². The lowest BCUT2D eigenvalue weighted by Gasteiger charge is -2.05. The molecule has 0 saturated carbocycles. The molecule has 1 aliphatic rings. The zero-order valence-corrected chi connectivity index (χ0v) is 7.90. The number of benzene rings is 1. The largest absolute Gasteiger partial charge is 0.373 e. The molecule has 1 aliphatic heterocycles. The van der Waals surface area contributed by atoms with Gasteiger partial charge in [0.2, 0.25) is 0 Å². The van der Waals surface area contributed by atoms with Gasteiger partial charge in [-0.1, -0.05) is 36.3 Å². The summed E-state index contributed by atoms with van der Waals surface area (Å²) in [5.74, 6) is 2.59. The third-order valence-electron chi connectivity index (χ3n) is 2.20. The average molecular weight is 188 g/mol. The van der Waals surface area contributed by atoms with E-state index in [0.717, 1.165) is 5.56 Å². The van der Waals surface area contributed by atoms with Crippen molar-refractivity contribution in [3.63, 3.8) is 0 Å². The number of rotatable bonds is 4. The second-order valence-electron chi connectivity index (χ2n) is 3.41. The summed E-state index contributed by atoms with van der Waals surface area (Å²) < 4.78 is 10.6. The fraction of sp³-hybridized carbons (Fsp3) is 0.333. The van der Waals surface area contributed by atoms with Gasteiger partial charge in [0.1, 0.15) is 0 Å². The standard InChI is InChI=1S/C12H12O2/c1-2-12(10-14-12)9-13-8-11-6-4-3-5-7-11/h1,3-7H,8-10H2/t12-/m0/s1. The number of hydrogen-bond acceptors (Lipinski definition) is 2. The fourth-order valence-corrected chi connectivity index (χ4v) is 1.20. The lowest BCUT2D eigenvalue weighted by molar-refractivity contribution is 0.0864. The molecule has 0 bridgehead atoms.